The molecule has 9 nitrogen and oxygen atoms in total. The summed E-state index contributed by atoms with van der Waals surface area (Å²) in [7, 11) is 0. The lowest BCUT2D eigenvalue weighted by molar-refractivity contribution is -0.385. The molecule has 0 unspecified atom stereocenters. The summed E-state index contributed by atoms with van der Waals surface area (Å²) in [6.07, 6.45) is 4.58. The van der Waals surface area contributed by atoms with Gasteiger partial charge in [-0.1, -0.05) is 46.3 Å². The Morgan fingerprint density at radius 2 is 2.13 bits per heavy atom. The number of aromatic nitrogens is 2. The van der Waals surface area contributed by atoms with Gasteiger partial charge in [-0.3, -0.25) is 19.6 Å². The topological polar surface area (TPSA) is 123 Å². The van der Waals surface area contributed by atoms with Crippen LogP contribution in [0.2, 0.25) is 0 Å². The van der Waals surface area contributed by atoms with E-state index < -0.39 is 16.5 Å². The number of carbonyl (C=O) groups is 1. The van der Waals surface area contributed by atoms with Gasteiger partial charge in [0.15, 0.2) is 0 Å². The van der Waals surface area contributed by atoms with Crippen molar-refractivity contribution in [2.75, 3.05) is 0 Å². The standard InChI is InChI=1S/C21H18BrN5O4/c1-2-5-15-7-4-8-16(20(15)28)11-23-24-21(29)19-18(27(30)31)13-26(25-19)12-14-6-3-9-17(22)10-14/h2-4,6-11,13,28H,1,5,12H2,(H,24,29)/b23-11-. The number of phenols is 1. The second-order valence-electron chi connectivity index (χ2n) is 6.49. The zero-order valence-electron chi connectivity index (χ0n) is 16.2. The number of nitrogens with zero attached hydrogens (tertiary/aromatic N) is 4. The molecular formula is C21H18BrN5O4. The van der Waals surface area contributed by atoms with Gasteiger partial charge in [0.25, 0.3) is 5.91 Å². The number of carbonyl (C=O) groups excluding carboxylic acids is 1. The Labute approximate surface area is 186 Å². The number of allylic oxidation sites excluding steroid dienone is 1. The lowest BCUT2D eigenvalue weighted by Gasteiger charge is -2.04. The minimum Gasteiger partial charge on any atom is -0.507 e. The summed E-state index contributed by atoms with van der Waals surface area (Å²) in [6.45, 7) is 3.88. The van der Waals surface area contributed by atoms with Crippen LogP contribution in [0.3, 0.4) is 0 Å². The molecule has 3 aromatic rings. The van der Waals surface area contributed by atoms with Gasteiger partial charge < -0.3 is 5.11 Å². The number of aromatic hydroxyl groups is 1. The van der Waals surface area contributed by atoms with E-state index >= 15 is 0 Å². The first-order valence-electron chi connectivity index (χ1n) is 9.10. The summed E-state index contributed by atoms with van der Waals surface area (Å²) in [5.41, 5.74) is 3.32. The van der Waals surface area contributed by atoms with Crippen molar-refractivity contribution in [3.05, 3.63) is 98.3 Å². The quantitative estimate of drug-likeness (QED) is 0.218. The van der Waals surface area contributed by atoms with Crippen molar-refractivity contribution in [3.8, 4) is 5.75 Å². The van der Waals surface area contributed by atoms with Crippen LogP contribution in [0.1, 0.15) is 27.2 Å². The zero-order chi connectivity index (χ0) is 22.4. The fraction of sp³-hybridized carbons (Fsp3) is 0.0952. The second kappa shape index (κ2) is 9.81. The SMILES string of the molecule is C=CCc1cccc(/C=N\NC(=O)c2nn(Cc3cccc(Br)c3)cc2[N+](=O)[O-])c1O. The predicted molar refractivity (Wildman–Crippen MR) is 119 cm³/mol. The minimum absolute atomic E-state index is 0.0182. The Balaban J connectivity index is 1.77. The van der Waals surface area contributed by atoms with Crippen molar-refractivity contribution in [1.82, 2.24) is 15.2 Å². The van der Waals surface area contributed by atoms with E-state index in [0.717, 1.165) is 10.0 Å². The van der Waals surface area contributed by atoms with Crippen molar-refractivity contribution in [2.45, 2.75) is 13.0 Å². The van der Waals surface area contributed by atoms with E-state index in [1.165, 1.54) is 17.1 Å². The number of rotatable bonds is 8. The average molecular weight is 484 g/mol. The molecule has 0 aliphatic carbocycles. The first-order valence-corrected chi connectivity index (χ1v) is 9.89. The van der Waals surface area contributed by atoms with Crippen LogP contribution >= 0.6 is 15.9 Å². The molecular weight excluding hydrogens is 466 g/mol. The smallest absolute Gasteiger partial charge is 0.320 e. The molecule has 0 saturated heterocycles. The van der Waals surface area contributed by atoms with Crippen LogP contribution < -0.4 is 5.43 Å². The molecule has 0 atom stereocenters. The van der Waals surface area contributed by atoms with E-state index in [2.05, 4.69) is 38.1 Å². The molecule has 0 saturated carbocycles. The molecule has 0 radical (unpaired) electrons. The maximum atomic E-state index is 12.4. The Morgan fingerprint density at radius 1 is 1.35 bits per heavy atom. The third-order valence-corrected chi connectivity index (χ3v) is 4.77. The highest BCUT2D eigenvalue weighted by atomic mass is 79.9. The summed E-state index contributed by atoms with van der Waals surface area (Å²) in [5, 5.41) is 29.4. The fourth-order valence-corrected chi connectivity index (χ4v) is 3.31. The van der Waals surface area contributed by atoms with Crippen LogP contribution in [0.25, 0.3) is 0 Å². The van der Waals surface area contributed by atoms with Gasteiger partial charge >= 0.3 is 5.69 Å². The molecule has 0 bridgehead atoms. The summed E-state index contributed by atoms with van der Waals surface area (Å²) in [5.74, 6) is -0.817. The van der Waals surface area contributed by atoms with Crippen molar-refractivity contribution in [3.63, 3.8) is 0 Å². The highest BCUT2D eigenvalue weighted by Crippen LogP contribution is 2.22. The minimum atomic E-state index is -0.835. The Kier molecular flexibility index (Phi) is 6.93. The van der Waals surface area contributed by atoms with Gasteiger partial charge in [-0.05, 0) is 35.7 Å². The number of halogens is 1. The van der Waals surface area contributed by atoms with E-state index in [0.29, 0.717) is 17.5 Å². The van der Waals surface area contributed by atoms with Gasteiger partial charge in [-0.15, -0.1) is 6.58 Å². The van der Waals surface area contributed by atoms with E-state index in [1.54, 1.807) is 24.3 Å². The molecule has 1 amide bonds. The average Bonchev–Trinajstić information content (AvgIpc) is 3.15. The van der Waals surface area contributed by atoms with Gasteiger partial charge in [-0.2, -0.15) is 10.2 Å². The number of amides is 1. The number of hydrazone groups is 1. The van der Waals surface area contributed by atoms with Crippen LogP contribution in [0, 0.1) is 10.1 Å². The molecule has 1 heterocycles. The lowest BCUT2D eigenvalue weighted by atomic mass is 10.1. The van der Waals surface area contributed by atoms with Crippen LogP contribution in [0.4, 0.5) is 5.69 Å². The molecule has 10 heteroatoms. The van der Waals surface area contributed by atoms with E-state index in [4.69, 9.17) is 0 Å². The van der Waals surface area contributed by atoms with Crippen LogP contribution in [-0.4, -0.2) is 31.9 Å². The molecule has 0 aliphatic heterocycles. The molecule has 3 rings (SSSR count). The molecule has 0 aliphatic rings. The molecule has 1 aromatic heterocycles. The summed E-state index contributed by atoms with van der Waals surface area (Å²) < 4.78 is 2.18. The molecule has 31 heavy (non-hydrogen) atoms. The van der Waals surface area contributed by atoms with Gasteiger partial charge in [0, 0.05) is 10.0 Å². The molecule has 2 aromatic carbocycles. The van der Waals surface area contributed by atoms with Crippen molar-refractivity contribution >= 4 is 33.7 Å². The first kappa shape index (κ1) is 21.9. The summed E-state index contributed by atoms with van der Waals surface area (Å²) in [6, 6.07) is 12.5. The number of phenolic OH excluding ortho intramolecular Hbond substituents is 1. The Bertz CT molecular complexity index is 1170. The Hall–Kier alpha value is -3.79. The number of nitrogens with one attached hydrogen (secondary N) is 1. The number of hydrogen-bond donors (Lipinski definition) is 2. The summed E-state index contributed by atoms with van der Waals surface area (Å²) >= 11 is 3.37. The van der Waals surface area contributed by atoms with Gasteiger partial charge in [0.2, 0.25) is 5.69 Å². The molecule has 0 spiro atoms. The highest BCUT2D eigenvalue weighted by Gasteiger charge is 2.25. The number of benzene rings is 2. The first-order chi connectivity index (χ1) is 14.9. The van der Waals surface area contributed by atoms with Crippen molar-refractivity contribution in [1.29, 1.82) is 0 Å². The maximum Gasteiger partial charge on any atom is 0.320 e. The van der Waals surface area contributed by atoms with Crippen molar-refractivity contribution < 1.29 is 14.8 Å². The largest absolute Gasteiger partial charge is 0.507 e. The lowest BCUT2D eigenvalue weighted by Crippen LogP contribution is -2.19. The third-order valence-electron chi connectivity index (χ3n) is 4.27. The van der Waals surface area contributed by atoms with Gasteiger partial charge in [-0.25, -0.2) is 5.43 Å². The fourth-order valence-electron chi connectivity index (χ4n) is 2.86. The molecule has 0 fully saturated rings. The maximum absolute atomic E-state index is 12.4. The zero-order valence-corrected chi connectivity index (χ0v) is 17.8. The van der Waals surface area contributed by atoms with Gasteiger partial charge in [0.1, 0.15) is 11.9 Å². The summed E-state index contributed by atoms with van der Waals surface area (Å²) in [4.78, 5) is 23.1. The van der Waals surface area contributed by atoms with E-state index in [1.807, 2.05) is 24.3 Å². The second-order valence-corrected chi connectivity index (χ2v) is 7.41. The number of hydrogen-bond acceptors (Lipinski definition) is 6. The normalized spacial score (nSPS) is 10.9. The molecule has 2 N–H and O–H groups in total. The number of nitro groups is 1. The van der Waals surface area contributed by atoms with Crippen LogP contribution in [-0.2, 0) is 13.0 Å². The van der Waals surface area contributed by atoms with Crippen LogP contribution in [0.5, 0.6) is 5.75 Å². The predicted octanol–water partition coefficient (Wildman–Crippen LogP) is 3.80. The van der Waals surface area contributed by atoms with Gasteiger partial charge in [0.05, 0.1) is 17.7 Å². The molecule has 158 valence electrons. The highest BCUT2D eigenvalue weighted by molar-refractivity contribution is 9.10. The van der Waals surface area contributed by atoms with Crippen molar-refractivity contribution in [2.24, 2.45) is 5.10 Å². The van der Waals surface area contributed by atoms with E-state index in [-0.39, 0.29) is 18.0 Å². The van der Waals surface area contributed by atoms with Crippen LogP contribution in [0.15, 0.2) is 70.9 Å². The Morgan fingerprint density at radius 3 is 2.84 bits per heavy atom. The monoisotopic (exact) mass is 483 g/mol. The third kappa shape index (κ3) is 5.43. The number of para-hydroxylation sites is 1. The van der Waals surface area contributed by atoms with E-state index in [9.17, 15) is 20.0 Å².